The molecule has 164 valence electrons. The molecule has 0 aromatic heterocycles. The lowest BCUT2D eigenvalue weighted by molar-refractivity contribution is -0.122. The maximum atomic E-state index is 12.7. The molecule has 3 N–H and O–H groups in total. The number of methoxy groups -OCH3 is 1. The Balaban J connectivity index is 1.55. The summed E-state index contributed by atoms with van der Waals surface area (Å²) in [5.41, 5.74) is 0.353. The van der Waals surface area contributed by atoms with Crippen LogP contribution in [0.5, 0.6) is 5.75 Å². The van der Waals surface area contributed by atoms with Crippen LogP contribution in [0.4, 0.5) is 10.5 Å². The van der Waals surface area contributed by atoms with Gasteiger partial charge >= 0.3 is 6.03 Å². The molecule has 1 aromatic rings. The lowest BCUT2D eigenvalue weighted by Gasteiger charge is -2.46. The van der Waals surface area contributed by atoms with E-state index in [4.69, 9.17) is 4.74 Å². The minimum Gasteiger partial charge on any atom is -0.497 e. The Labute approximate surface area is 177 Å². The smallest absolute Gasteiger partial charge is 0.329 e. The second-order valence-corrected chi connectivity index (χ2v) is 9.48. The molecule has 1 unspecified atom stereocenters. The Morgan fingerprint density at radius 3 is 2.30 bits per heavy atom. The van der Waals surface area contributed by atoms with Gasteiger partial charge < -0.3 is 20.7 Å². The van der Waals surface area contributed by atoms with Crippen LogP contribution in [0.15, 0.2) is 24.3 Å². The van der Waals surface area contributed by atoms with Gasteiger partial charge in [-0.15, -0.1) is 0 Å². The van der Waals surface area contributed by atoms with Gasteiger partial charge in [0.1, 0.15) is 11.8 Å². The molecule has 30 heavy (non-hydrogen) atoms. The maximum absolute atomic E-state index is 12.7. The van der Waals surface area contributed by atoms with Crippen LogP contribution in [0.1, 0.15) is 53.4 Å². The number of nitrogens with one attached hydrogen (secondary N) is 3. The molecule has 8 nitrogen and oxygen atoms in total. The predicted octanol–water partition coefficient (Wildman–Crippen LogP) is 2.33. The van der Waals surface area contributed by atoms with Crippen molar-refractivity contribution in [1.82, 2.24) is 16.0 Å². The highest BCUT2D eigenvalue weighted by atomic mass is 16.5. The summed E-state index contributed by atoms with van der Waals surface area (Å²) in [6, 6.07) is 5.60. The average Bonchev–Trinajstić information content (AvgIpc) is 2.91. The van der Waals surface area contributed by atoms with Crippen molar-refractivity contribution in [3.05, 3.63) is 24.3 Å². The van der Waals surface area contributed by atoms with Crippen LogP contribution in [0, 0.1) is 0 Å². The van der Waals surface area contributed by atoms with Crippen LogP contribution < -0.4 is 25.6 Å². The van der Waals surface area contributed by atoms with Gasteiger partial charge in [0.05, 0.1) is 12.8 Å². The van der Waals surface area contributed by atoms with Crippen LogP contribution >= 0.6 is 0 Å². The third kappa shape index (κ3) is 5.11. The van der Waals surface area contributed by atoms with E-state index in [1.807, 2.05) is 0 Å². The highest BCUT2D eigenvalue weighted by Crippen LogP contribution is 2.29. The Morgan fingerprint density at radius 1 is 1.13 bits per heavy atom. The molecule has 2 saturated heterocycles. The number of amides is 4. The first-order valence-electron chi connectivity index (χ1n) is 10.4. The number of urea groups is 1. The monoisotopic (exact) mass is 416 g/mol. The zero-order valence-electron chi connectivity index (χ0n) is 18.4. The average molecular weight is 417 g/mol. The number of carbonyl (C=O) groups excluding carboxylic acids is 3. The Morgan fingerprint density at radius 2 is 1.73 bits per heavy atom. The second-order valence-electron chi connectivity index (χ2n) is 9.48. The SMILES string of the molecule is COc1ccc(N2C(=O)NC(CCC(=O)NC3CC(C)(C)NC(C)(C)C3)C2=O)cc1. The van der Waals surface area contributed by atoms with Crippen molar-refractivity contribution < 1.29 is 19.1 Å². The first-order chi connectivity index (χ1) is 14.0. The zero-order valence-corrected chi connectivity index (χ0v) is 18.4. The Kier molecular flexibility index (Phi) is 6.08. The van der Waals surface area contributed by atoms with Crippen LogP contribution in [-0.2, 0) is 9.59 Å². The summed E-state index contributed by atoms with van der Waals surface area (Å²) in [5.74, 6) is 0.198. The number of carbonyl (C=O) groups is 3. The lowest BCUT2D eigenvalue weighted by atomic mass is 9.79. The largest absolute Gasteiger partial charge is 0.497 e. The molecular formula is C22H32N4O4. The summed E-state index contributed by atoms with van der Waals surface area (Å²) < 4.78 is 5.11. The molecule has 1 atom stereocenters. The molecule has 2 aliphatic heterocycles. The summed E-state index contributed by atoms with van der Waals surface area (Å²) in [7, 11) is 1.55. The number of nitrogens with zero attached hydrogens (tertiary/aromatic N) is 1. The zero-order chi connectivity index (χ0) is 22.1. The normalized spacial score (nSPS) is 23.2. The number of piperidine rings is 1. The first-order valence-corrected chi connectivity index (χ1v) is 10.4. The number of ether oxygens (including phenoxy) is 1. The molecule has 2 heterocycles. The summed E-state index contributed by atoms with van der Waals surface area (Å²) in [6.07, 6.45) is 2.12. The van der Waals surface area contributed by atoms with Crippen molar-refractivity contribution in [1.29, 1.82) is 0 Å². The molecule has 3 rings (SSSR count). The van der Waals surface area contributed by atoms with Crippen molar-refractivity contribution in [2.75, 3.05) is 12.0 Å². The third-order valence-electron chi connectivity index (χ3n) is 5.57. The number of hydrogen-bond donors (Lipinski definition) is 3. The van der Waals surface area contributed by atoms with Crippen molar-refractivity contribution in [2.24, 2.45) is 0 Å². The van der Waals surface area contributed by atoms with E-state index in [1.54, 1.807) is 31.4 Å². The molecule has 0 radical (unpaired) electrons. The fourth-order valence-electron chi connectivity index (χ4n) is 4.70. The fourth-order valence-corrected chi connectivity index (χ4v) is 4.70. The van der Waals surface area contributed by atoms with Gasteiger partial charge in [0.2, 0.25) is 5.91 Å². The fraction of sp³-hybridized carbons (Fsp3) is 0.591. The molecule has 2 fully saturated rings. The van der Waals surface area contributed by atoms with E-state index < -0.39 is 12.1 Å². The molecule has 0 saturated carbocycles. The molecule has 8 heteroatoms. The molecule has 0 spiro atoms. The van der Waals surface area contributed by atoms with Gasteiger partial charge in [-0.2, -0.15) is 0 Å². The van der Waals surface area contributed by atoms with E-state index in [0.717, 1.165) is 17.7 Å². The van der Waals surface area contributed by atoms with Crippen molar-refractivity contribution in [3.63, 3.8) is 0 Å². The van der Waals surface area contributed by atoms with Gasteiger partial charge in [-0.05, 0) is 71.2 Å². The van der Waals surface area contributed by atoms with Crippen LogP contribution in [-0.4, -0.2) is 48.1 Å². The quantitative estimate of drug-likeness (QED) is 0.618. The van der Waals surface area contributed by atoms with Gasteiger partial charge in [0, 0.05) is 23.5 Å². The van der Waals surface area contributed by atoms with E-state index in [9.17, 15) is 14.4 Å². The van der Waals surface area contributed by atoms with E-state index >= 15 is 0 Å². The minimum absolute atomic E-state index is 0.0616. The summed E-state index contributed by atoms with van der Waals surface area (Å²) >= 11 is 0. The standard InChI is InChI=1S/C22H32N4O4/c1-21(2)12-14(13-22(3,4)25-21)23-18(27)11-10-17-19(28)26(20(29)24-17)15-6-8-16(30-5)9-7-15/h6-9,14,17,25H,10-13H2,1-5H3,(H,23,27)(H,24,29). The number of benzene rings is 1. The highest BCUT2D eigenvalue weighted by Gasteiger charge is 2.40. The van der Waals surface area contributed by atoms with Crippen molar-refractivity contribution in [3.8, 4) is 5.75 Å². The van der Waals surface area contributed by atoms with Crippen LogP contribution in [0.25, 0.3) is 0 Å². The maximum Gasteiger partial charge on any atom is 0.329 e. The first kappa shape index (κ1) is 22.1. The molecular weight excluding hydrogens is 384 g/mol. The number of hydrogen-bond acceptors (Lipinski definition) is 5. The van der Waals surface area contributed by atoms with Crippen LogP contribution in [0.2, 0.25) is 0 Å². The number of anilines is 1. The van der Waals surface area contributed by atoms with Crippen molar-refractivity contribution in [2.45, 2.75) is 76.5 Å². The summed E-state index contributed by atoms with van der Waals surface area (Å²) in [5, 5.41) is 9.38. The molecule has 4 amide bonds. The Bertz CT molecular complexity index is 803. The molecule has 2 aliphatic rings. The van der Waals surface area contributed by atoms with Gasteiger partial charge in [-0.25, -0.2) is 9.69 Å². The predicted molar refractivity (Wildman–Crippen MR) is 114 cm³/mol. The minimum atomic E-state index is -0.703. The second kappa shape index (κ2) is 8.26. The van der Waals surface area contributed by atoms with E-state index in [-0.39, 0.29) is 41.8 Å². The van der Waals surface area contributed by atoms with Gasteiger partial charge in [-0.3, -0.25) is 9.59 Å². The molecule has 0 bridgehead atoms. The van der Waals surface area contributed by atoms with Gasteiger partial charge in [0.25, 0.3) is 5.91 Å². The van der Waals surface area contributed by atoms with Gasteiger partial charge in [0.15, 0.2) is 0 Å². The summed E-state index contributed by atoms with van der Waals surface area (Å²) in [6.45, 7) is 8.53. The van der Waals surface area contributed by atoms with E-state index in [2.05, 4.69) is 43.6 Å². The summed E-state index contributed by atoms with van der Waals surface area (Å²) in [4.78, 5) is 38.7. The Hall–Kier alpha value is -2.61. The number of rotatable bonds is 6. The topological polar surface area (TPSA) is 99.8 Å². The van der Waals surface area contributed by atoms with E-state index in [1.165, 1.54) is 0 Å². The molecule has 0 aliphatic carbocycles. The van der Waals surface area contributed by atoms with Crippen LogP contribution in [0.3, 0.4) is 0 Å². The molecule has 1 aromatic carbocycles. The highest BCUT2D eigenvalue weighted by molar-refractivity contribution is 6.21. The lowest BCUT2D eigenvalue weighted by Crippen LogP contribution is -2.62. The third-order valence-corrected chi connectivity index (χ3v) is 5.57. The van der Waals surface area contributed by atoms with E-state index in [0.29, 0.717) is 11.4 Å². The van der Waals surface area contributed by atoms with Gasteiger partial charge in [-0.1, -0.05) is 0 Å². The number of imide groups is 1. The van der Waals surface area contributed by atoms with Crippen molar-refractivity contribution >= 4 is 23.5 Å².